The van der Waals surface area contributed by atoms with Gasteiger partial charge in [0.1, 0.15) is 11.5 Å². The molecule has 0 saturated heterocycles. The molecule has 0 bridgehead atoms. The van der Waals surface area contributed by atoms with Crippen molar-refractivity contribution in [3.8, 4) is 0 Å². The molecule has 1 amide bonds. The Morgan fingerprint density at radius 3 is 2.70 bits per heavy atom. The summed E-state index contributed by atoms with van der Waals surface area (Å²) in [6.45, 7) is 6.20. The second-order valence-corrected chi connectivity index (χ2v) is 5.34. The molecule has 1 atom stereocenters. The van der Waals surface area contributed by atoms with Gasteiger partial charge in [0.05, 0.1) is 6.04 Å². The van der Waals surface area contributed by atoms with Gasteiger partial charge in [-0.3, -0.25) is 4.79 Å². The molecule has 0 aliphatic heterocycles. The minimum absolute atomic E-state index is 0.0913. The highest BCUT2D eigenvalue weighted by molar-refractivity contribution is 5.92. The Morgan fingerprint density at radius 1 is 1.45 bits per heavy atom. The molecule has 0 saturated carbocycles. The zero-order valence-electron chi connectivity index (χ0n) is 12.5. The van der Waals surface area contributed by atoms with Gasteiger partial charge >= 0.3 is 0 Å². The lowest BCUT2D eigenvalue weighted by Crippen LogP contribution is -2.33. The summed E-state index contributed by atoms with van der Waals surface area (Å²) in [7, 11) is 1.94. The van der Waals surface area contributed by atoms with Gasteiger partial charge in [0.15, 0.2) is 0 Å². The SMILES string of the molecule is CCc1ccc(C(=O)NC(c2nccn2C)C(C)C)[nH]1. The van der Waals surface area contributed by atoms with Gasteiger partial charge < -0.3 is 14.9 Å². The number of H-pyrrole nitrogens is 1. The van der Waals surface area contributed by atoms with Gasteiger partial charge in [-0.2, -0.15) is 0 Å². The van der Waals surface area contributed by atoms with Gasteiger partial charge in [0.25, 0.3) is 5.91 Å². The Hall–Kier alpha value is -2.04. The van der Waals surface area contributed by atoms with Crippen LogP contribution >= 0.6 is 0 Å². The Kier molecular flexibility index (Phi) is 4.27. The minimum atomic E-state index is -0.101. The molecule has 108 valence electrons. The molecule has 20 heavy (non-hydrogen) atoms. The molecule has 2 heterocycles. The van der Waals surface area contributed by atoms with Crippen LogP contribution in [0.3, 0.4) is 0 Å². The average Bonchev–Trinajstić information content (AvgIpc) is 3.04. The number of hydrogen-bond acceptors (Lipinski definition) is 2. The van der Waals surface area contributed by atoms with Crippen LogP contribution in [0.15, 0.2) is 24.5 Å². The fraction of sp³-hybridized carbons (Fsp3) is 0.467. The first-order valence-corrected chi connectivity index (χ1v) is 6.99. The second kappa shape index (κ2) is 5.94. The van der Waals surface area contributed by atoms with Crippen molar-refractivity contribution in [1.29, 1.82) is 0 Å². The maximum atomic E-state index is 12.3. The number of aryl methyl sites for hydroxylation is 2. The lowest BCUT2D eigenvalue weighted by atomic mass is 10.0. The van der Waals surface area contributed by atoms with Gasteiger partial charge in [-0.25, -0.2) is 4.98 Å². The highest BCUT2D eigenvalue weighted by Gasteiger charge is 2.23. The topological polar surface area (TPSA) is 62.7 Å². The predicted molar refractivity (Wildman–Crippen MR) is 78.4 cm³/mol. The van der Waals surface area contributed by atoms with E-state index in [1.165, 1.54) is 0 Å². The number of imidazole rings is 1. The Morgan fingerprint density at radius 2 is 2.20 bits per heavy atom. The van der Waals surface area contributed by atoms with Crippen LogP contribution < -0.4 is 5.32 Å². The summed E-state index contributed by atoms with van der Waals surface area (Å²) in [6.07, 6.45) is 4.53. The van der Waals surface area contributed by atoms with E-state index in [-0.39, 0.29) is 17.9 Å². The van der Waals surface area contributed by atoms with Gasteiger partial charge in [0.2, 0.25) is 0 Å². The molecule has 5 nitrogen and oxygen atoms in total. The number of nitrogens with one attached hydrogen (secondary N) is 2. The number of carbonyl (C=O) groups is 1. The van der Waals surface area contributed by atoms with Crippen LogP contribution in [0.4, 0.5) is 0 Å². The van der Waals surface area contributed by atoms with Crippen molar-refractivity contribution in [3.05, 3.63) is 41.7 Å². The van der Waals surface area contributed by atoms with Crippen LogP contribution in [0, 0.1) is 5.92 Å². The number of rotatable bonds is 5. The Balaban J connectivity index is 2.16. The molecule has 0 aliphatic carbocycles. The number of aromatic nitrogens is 3. The summed E-state index contributed by atoms with van der Waals surface area (Å²) < 4.78 is 1.94. The van der Waals surface area contributed by atoms with Gasteiger partial charge in [-0.05, 0) is 24.5 Å². The van der Waals surface area contributed by atoms with Crippen LogP contribution in [0.5, 0.6) is 0 Å². The number of carbonyl (C=O) groups excluding carboxylic acids is 1. The molecule has 2 aromatic rings. The Labute approximate surface area is 119 Å². The predicted octanol–water partition coefficient (Wildman–Crippen LogP) is 2.44. The lowest BCUT2D eigenvalue weighted by molar-refractivity contribution is 0.0917. The second-order valence-electron chi connectivity index (χ2n) is 5.34. The van der Waals surface area contributed by atoms with Crippen molar-refractivity contribution >= 4 is 5.91 Å². The normalized spacial score (nSPS) is 12.7. The van der Waals surface area contributed by atoms with Crippen molar-refractivity contribution in [2.75, 3.05) is 0 Å². The standard InChI is InChI=1S/C15H22N4O/c1-5-11-6-7-12(17-11)15(20)18-13(10(2)3)14-16-8-9-19(14)4/h6-10,13,17H,5H2,1-4H3,(H,18,20). The third-order valence-corrected chi connectivity index (χ3v) is 3.46. The summed E-state index contributed by atoms with van der Waals surface area (Å²) in [5, 5.41) is 3.06. The van der Waals surface area contributed by atoms with E-state index >= 15 is 0 Å². The largest absolute Gasteiger partial charge is 0.354 e. The maximum absolute atomic E-state index is 12.3. The van der Waals surface area contributed by atoms with E-state index in [9.17, 15) is 4.79 Å². The summed E-state index contributed by atoms with van der Waals surface area (Å²) in [5.74, 6) is 1.04. The molecule has 0 fully saturated rings. The lowest BCUT2D eigenvalue weighted by Gasteiger charge is -2.21. The average molecular weight is 274 g/mol. The van der Waals surface area contributed by atoms with Crippen LogP contribution in [0.25, 0.3) is 0 Å². The van der Waals surface area contributed by atoms with E-state index in [1.807, 2.05) is 29.9 Å². The number of hydrogen-bond donors (Lipinski definition) is 2. The van der Waals surface area contributed by atoms with E-state index in [0.717, 1.165) is 17.9 Å². The summed E-state index contributed by atoms with van der Waals surface area (Å²) in [5.41, 5.74) is 1.66. The van der Waals surface area contributed by atoms with E-state index in [0.29, 0.717) is 5.69 Å². The van der Waals surface area contributed by atoms with Crippen LogP contribution in [-0.2, 0) is 13.5 Å². The van der Waals surface area contributed by atoms with Gasteiger partial charge in [0, 0.05) is 25.1 Å². The zero-order valence-corrected chi connectivity index (χ0v) is 12.5. The first-order valence-electron chi connectivity index (χ1n) is 6.99. The summed E-state index contributed by atoms with van der Waals surface area (Å²) in [4.78, 5) is 19.8. The van der Waals surface area contributed by atoms with Gasteiger partial charge in [-0.15, -0.1) is 0 Å². The fourth-order valence-electron chi connectivity index (χ4n) is 2.20. The van der Waals surface area contributed by atoms with E-state index in [2.05, 4.69) is 36.1 Å². The molecule has 2 aromatic heterocycles. The fourth-order valence-corrected chi connectivity index (χ4v) is 2.20. The highest BCUT2D eigenvalue weighted by atomic mass is 16.2. The highest BCUT2D eigenvalue weighted by Crippen LogP contribution is 2.20. The van der Waals surface area contributed by atoms with E-state index in [1.54, 1.807) is 6.20 Å². The monoisotopic (exact) mass is 274 g/mol. The third kappa shape index (κ3) is 2.92. The number of aromatic amines is 1. The molecule has 2 rings (SSSR count). The Bertz CT molecular complexity index is 582. The molecule has 0 spiro atoms. The number of amides is 1. The quantitative estimate of drug-likeness (QED) is 0.879. The van der Waals surface area contributed by atoms with Crippen molar-refractivity contribution in [1.82, 2.24) is 19.9 Å². The van der Waals surface area contributed by atoms with Crippen LogP contribution in [-0.4, -0.2) is 20.4 Å². The molecule has 0 aromatic carbocycles. The first-order chi connectivity index (χ1) is 9.52. The van der Waals surface area contributed by atoms with Crippen molar-refractivity contribution in [2.24, 2.45) is 13.0 Å². The molecule has 0 aliphatic rings. The maximum Gasteiger partial charge on any atom is 0.268 e. The smallest absolute Gasteiger partial charge is 0.268 e. The van der Waals surface area contributed by atoms with Crippen LogP contribution in [0.1, 0.15) is 48.8 Å². The third-order valence-electron chi connectivity index (χ3n) is 3.46. The molecular formula is C15H22N4O. The van der Waals surface area contributed by atoms with E-state index in [4.69, 9.17) is 0 Å². The minimum Gasteiger partial charge on any atom is -0.354 e. The summed E-state index contributed by atoms with van der Waals surface area (Å²) >= 11 is 0. The molecular weight excluding hydrogens is 252 g/mol. The first kappa shape index (κ1) is 14.4. The number of nitrogens with zero attached hydrogens (tertiary/aromatic N) is 2. The molecule has 5 heteroatoms. The van der Waals surface area contributed by atoms with Crippen LogP contribution in [0.2, 0.25) is 0 Å². The summed E-state index contributed by atoms with van der Waals surface area (Å²) in [6, 6.07) is 3.67. The van der Waals surface area contributed by atoms with Crippen molar-refractivity contribution < 1.29 is 4.79 Å². The molecule has 1 unspecified atom stereocenters. The van der Waals surface area contributed by atoms with Gasteiger partial charge in [-0.1, -0.05) is 20.8 Å². The van der Waals surface area contributed by atoms with Crippen molar-refractivity contribution in [2.45, 2.75) is 33.2 Å². The zero-order chi connectivity index (χ0) is 14.7. The molecule has 2 N–H and O–H groups in total. The molecule has 0 radical (unpaired) electrons. The van der Waals surface area contributed by atoms with E-state index < -0.39 is 0 Å². The van der Waals surface area contributed by atoms with Crippen molar-refractivity contribution in [3.63, 3.8) is 0 Å².